The molecule has 0 N–H and O–H groups in total. The van der Waals surface area contributed by atoms with Gasteiger partial charge in [-0.2, -0.15) is 0 Å². The van der Waals surface area contributed by atoms with Crippen LogP contribution < -0.4 is 0 Å². The summed E-state index contributed by atoms with van der Waals surface area (Å²) in [5.74, 6) is 0.213. The zero-order valence-electron chi connectivity index (χ0n) is 7.49. The van der Waals surface area contributed by atoms with Crippen molar-refractivity contribution in [3.63, 3.8) is 0 Å². The van der Waals surface area contributed by atoms with Gasteiger partial charge in [0.05, 0.1) is 6.04 Å². The summed E-state index contributed by atoms with van der Waals surface area (Å²) < 4.78 is 0. The van der Waals surface area contributed by atoms with Crippen molar-refractivity contribution in [3.8, 4) is 0 Å². The van der Waals surface area contributed by atoms with E-state index < -0.39 is 0 Å². The molecule has 1 atom stereocenters. The third-order valence-corrected chi connectivity index (χ3v) is 2.07. The minimum absolute atomic E-state index is 0.213. The molecule has 0 aromatic carbocycles. The van der Waals surface area contributed by atoms with Crippen molar-refractivity contribution in [2.24, 2.45) is 0 Å². The lowest BCUT2D eigenvalue weighted by atomic mass is 10.2. The first-order valence-electron chi connectivity index (χ1n) is 4.40. The van der Waals surface area contributed by atoms with Gasteiger partial charge in [0.1, 0.15) is 0 Å². The molecular formula is C10H15NO. The third kappa shape index (κ3) is 1.76. The molecule has 1 saturated heterocycles. The fourth-order valence-electron chi connectivity index (χ4n) is 1.37. The lowest BCUT2D eigenvalue weighted by molar-refractivity contribution is -0.126. The Hall–Kier alpha value is -1.05. The van der Waals surface area contributed by atoms with Crippen molar-refractivity contribution in [2.45, 2.75) is 32.2 Å². The van der Waals surface area contributed by atoms with Crippen LogP contribution in [-0.4, -0.2) is 16.8 Å². The summed E-state index contributed by atoms with van der Waals surface area (Å²) in [6, 6.07) is 0.222. The number of carbonyl (C=O) groups is 1. The maximum Gasteiger partial charge on any atom is 0.227 e. The summed E-state index contributed by atoms with van der Waals surface area (Å²) in [7, 11) is 0. The van der Waals surface area contributed by atoms with Crippen molar-refractivity contribution in [3.05, 3.63) is 24.9 Å². The Labute approximate surface area is 73.6 Å². The van der Waals surface area contributed by atoms with Crippen LogP contribution in [0.3, 0.4) is 0 Å². The van der Waals surface area contributed by atoms with Crippen LogP contribution in [0.2, 0.25) is 0 Å². The molecule has 0 aliphatic carbocycles. The molecule has 0 saturated carbocycles. The minimum atomic E-state index is 0.213. The normalized spacial score (nSPS) is 23.9. The molecule has 0 spiro atoms. The molecule has 1 unspecified atom stereocenters. The topological polar surface area (TPSA) is 20.3 Å². The number of allylic oxidation sites excluding steroid dienone is 1. The van der Waals surface area contributed by atoms with Gasteiger partial charge in [-0.25, -0.2) is 0 Å². The Morgan fingerprint density at radius 1 is 1.75 bits per heavy atom. The minimum Gasteiger partial charge on any atom is -0.313 e. The maximum atomic E-state index is 11.3. The molecular weight excluding hydrogens is 150 g/mol. The first kappa shape index (κ1) is 9.04. The van der Waals surface area contributed by atoms with Crippen LogP contribution in [0.1, 0.15) is 26.2 Å². The molecule has 1 fully saturated rings. The summed E-state index contributed by atoms with van der Waals surface area (Å²) in [6.45, 7) is 5.76. The second-order valence-electron chi connectivity index (χ2n) is 2.94. The summed E-state index contributed by atoms with van der Waals surface area (Å²) in [5.41, 5.74) is 0. The van der Waals surface area contributed by atoms with E-state index in [9.17, 15) is 4.79 Å². The molecule has 0 aromatic rings. The van der Waals surface area contributed by atoms with Crippen molar-refractivity contribution < 1.29 is 4.79 Å². The van der Waals surface area contributed by atoms with Gasteiger partial charge in [-0.3, -0.25) is 4.79 Å². The Kier molecular flexibility index (Phi) is 3.09. The number of likely N-dealkylation sites (tertiary alicyclic amines) is 1. The molecule has 1 aliphatic rings. The fraction of sp³-hybridized carbons (Fsp3) is 0.500. The monoisotopic (exact) mass is 165 g/mol. The molecule has 1 heterocycles. The van der Waals surface area contributed by atoms with E-state index in [0.29, 0.717) is 6.42 Å². The van der Waals surface area contributed by atoms with E-state index in [4.69, 9.17) is 0 Å². The van der Waals surface area contributed by atoms with Gasteiger partial charge >= 0.3 is 0 Å². The summed E-state index contributed by atoms with van der Waals surface area (Å²) in [6.07, 6.45) is 8.25. The number of carbonyl (C=O) groups excluding carboxylic acids is 1. The van der Waals surface area contributed by atoms with E-state index in [1.165, 1.54) is 0 Å². The quantitative estimate of drug-likeness (QED) is 0.586. The van der Waals surface area contributed by atoms with Gasteiger partial charge in [0.25, 0.3) is 0 Å². The van der Waals surface area contributed by atoms with Crippen LogP contribution in [0.4, 0.5) is 0 Å². The maximum absolute atomic E-state index is 11.3. The highest BCUT2D eigenvalue weighted by molar-refractivity contribution is 5.80. The molecule has 2 heteroatoms. The van der Waals surface area contributed by atoms with Crippen LogP contribution >= 0.6 is 0 Å². The molecule has 1 amide bonds. The zero-order chi connectivity index (χ0) is 8.97. The Bertz CT molecular complexity index is 208. The average Bonchev–Trinajstić information content (AvgIpc) is 2.43. The van der Waals surface area contributed by atoms with Gasteiger partial charge in [0.15, 0.2) is 0 Å². The molecule has 0 radical (unpaired) electrons. The van der Waals surface area contributed by atoms with E-state index in [0.717, 1.165) is 12.8 Å². The molecule has 1 rings (SSSR count). The molecule has 1 aliphatic heterocycles. The number of nitrogens with zero attached hydrogens (tertiary/aromatic N) is 1. The van der Waals surface area contributed by atoms with Gasteiger partial charge in [-0.05, 0) is 12.8 Å². The van der Waals surface area contributed by atoms with Gasteiger partial charge in [-0.15, -0.1) is 6.58 Å². The molecule has 0 aromatic heterocycles. The van der Waals surface area contributed by atoms with Crippen LogP contribution in [0.25, 0.3) is 0 Å². The first-order chi connectivity index (χ1) is 5.79. The van der Waals surface area contributed by atoms with Crippen LogP contribution in [0, 0.1) is 0 Å². The predicted molar refractivity (Wildman–Crippen MR) is 49.5 cm³/mol. The summed E-state index contributed by atoms with van der Waals surface area (Å²) in [4.78, 5) is 13.1. The average molecular weight is 165 g/mol. The molecule has 12 heavy (non-hydrogen) atoms. The predicted octanol–water partition coefficient (Wildman–Crippen LogP) is 2.09. The largest absolute Gasteiger partial charge is 0.313 e. The fourth-order valence-corrected chi connectivity index (χ4v) is 1.37. The lowest BCUT2D eigenvalue weighted by Crippen LogP contribution is -2.25. The highest BCUT2D eigenvalue weighted by Gasteiger charge is 2.26. The SMILES string of the molecule is C=CC1CCC(=O)N1C=CCC. The number of hydrogen-bond donors (Lipinski definition) is 0. The van der Waals surface area contributed by atoms with Crippen molar-refractivity contribution in [2.75, 3.05) is 0 Å². The Morgan fingerprint density at radius 3 is 3.08 bits per heavy atom. The van der Waals surface area contributed by atoms with Gasteiger partial charge in [0, 0.05) is 12.6 Å². The van der Waals surface area contributed by atoms with Gasteiger partial charge in [0.2, 0.25) is 5.91 Å². The van der Waals surface area contributed by atoms with Crippen molar-refractivity contribution in [1.82, 2.24) is 4.90 Å². The first-order valence-corrected chi connectivity index (χ1v) is 4.40. The number of amides is 1. The van der Waals surface area contributed by atoms with E-state index >= 15 is 0 Å². The second-order valence-corrected chi connectivity index (χ2v) is 2.94. The van der Waals surface area contributed by atoms with E-state index in [1.54, 1.807) is 4.90 Å². The van der Waals surface area contributed by atoms with Gasteiger partial charge in [-0.1, -0.05) is 19.1 Å². The standard InChI is InChI=1S/C10H15NO/c1-3-5-8-11-9(4-2)6-7-10(11)12/h4-5,8-9H,2-3,6-7H2,1H3. The molecule has 2 nitrogen and oxygen atoms in total. The van der Waals surface area contributed by atoms with E-state index in [2.05, 4.69) is 13.5 Å². The smallest absolute Gasteiger partial charge is 0.227 e. The summed E-state index contributed by atoms with van der Waals surface area (Å²) >= 11 is 0. The van der Waals surface area contributed by atoms with Crippen LogP contribution in [0.5, 0.6) is 0 Å². The van der Waals surface area contributed by atoms with Crippen molar-refractivity contribution in [1.29, 1.82) is 0 Å². The highest BCUT2D eigenvalue weighted by atomic mass is 16.2. The molecule has 66 valence electrons. The molecule has 0 bridgehead atoms. The van der Waals surface area contributed by atoms with E-state index in [1.807, 2.05) is 18.4 Å². The number of rotatable bonds is 3. The highest BCUT2D eigenvalue weighted by Crippen LogP contribution is 2.19. The van der Waals surface area contributed by atoms with E-state index in [-0.39, 0.29) is 11.9 Å². The summed E-state index contributed by atoms with van der Waals surface area (Å²) in [5, 5.41) is 0. The third-order valence-electron chi connectivity index (χ3n) is 2.07. The zero-order valence-corrected chi connectivity index (χ0v) is 7.49. The lowest BCUT2D eigenvalue weighted by Gasteiger charge is -2.16. The number of hydrogen-bond acceptors (Lipinski definition) is 1. The Balaban J connectivity index is 2.63. The Morgan fingerprint density at radius 2 is 2.50 bits per heavy atom. The van der Waals surface area contributed by atoms with Crippen molar-refractivity contribution >= 4 is 5.91 Å². The van der Waals surface area contributed by atoms with Crippen LogP contribution in [0.15, 0.2) is 24.9 Å². The van der Waals surface area contributed by atoms with Crippen LogP contribution in [-0.2, 0) is 4.79 Å². The second kappa shape index (κ2) is 4.10. The van der Waals surface area contributed by atoms with Gasteiger partial charge < -0.3 is 4.90 Å².